The van der Waals surface area contributed by atoms with Gasteiger partial charge in [0.1, 0.15) is 0 Å². The molecule has 25 heavy (non-hydrogen) atoms. The summed E-state index contributed by atoms with van der Waals surface area (Å²) in [6, 6.07) is 10.2. The number of aliphatic imine (C=N–C) groups is 2. The first-order valence-electron chi connectivity index (χ1n) is 7.57. The minimum Gasteiger partial charge on any atom is -0.337 e. The molecule has 0 radical (unpaired) electrons. The van der Waals surface area contributed by atoms with Crippen molar-refractivity contribution in [2.24, 2.45) is 9.98 Å². The van der Waals surface area contributed by atoms with Crippen molar-refractivity contribution in [3.05, 3.63) is 53.1 Å². The van der Waals surface area contributed by atoms with Crippen molar-refractivity contribution in [1.82, 2.24) is 0 Å². The van der Waals surface area contributed by atoms with Crippen LogP contribution in [0.1, 0.15) is 5.56 Å². The molecule has 8 heteroatoms. The molecule has 0 bridgehead atoms. The van der Waals surface area contributed by atoms with E-state index in [4.69, 9.17) is 11.6 Å². The van der Waals surface area contributed by atoms with Crippen LogP contribution in [0, 0.1) is 0 Å². The van der Waals surface area contributed by atoms with Crippen LogP contribution in [-0.2, 0) is 6.18 Å². The third-order valence-electron chi connectivity index (χ3n) is 3.99. The molecule has 4 nitrogen and oxygen atoms in total. The van der Waals surface area contributed by atoms with Crippen LogP contribution in [-0.4, -0.2) is 24.8 Å². The Bertz CT molecular complexity index is 888. The molecule has 2 heterocycles. The van der Waals surface area contributed by atoms with Crippen LogP contribution >= 0.6 is 11.6 Å². The Morgan fingerprint density at radius 1 is 1.08 bits per heavy atom. The highest BCUT2D eigenvalue weighted by molar-refractivity contribution is 6.51. The van der Waals surface area contributed by atoms with E-state index in [-0.39, 0.29) is 0 Å². The van der Waals surface area contributed by atoms with E-state index < -0.39 is 11.7 Å². The van der Waals surface area contributed by atoms with Crippen LogP contribution in [0.15, 0.2) is 52.4 Å². The summed E-state index contributed by atoms with van der Waals surface area (Å²) in [5.41, 5.74) is 1.43. The summed E-state index contributed by atoms with van der Waals surface area (Å²) in [6.45, 7) is 1.32. The molecule has 2 aliphatic rings. The Morgan fingerprint density at radius 3 is 2.56 bits per heavy atom. The van der Waals surface area contributed by atoms with Gasteiger partial charge in [-0.2, -0.15) is 13.2 Å². The molecule has 2 aromatic carbocycles. The van der Waals surface area contributed by atoms with E-state index in [2.05, 4.69) is 15.3 Å². The quantitative estimate of drug-likeness (QED) is 0.794. The molecular formula is C17H12ClF3N4. The first-order valence-corrected chi connectivity index (χ1v) is 7.94. The van der Waals surface area contributed by atoms with Crippen molar-refractivity contribution in [2.75, 3.05) is 23.3 Å². The van der Waals surface area contributed by atoms with E-state index in [0.29, 0.717) is 35.5 Å². The second-order valence-corrected chi connectivity index (χ2v) is 6.09. The molecule has 0 saturated heterocycles. The van der Waals surface area contributed by atoms with Gasteiger partial charge in [0, 0.05) is 17.3 Å². The average molecular weight is 365 g/mol. The number of halogens is 4. The highest BCUT2D eigenvalue weighted by Crippen LogP contribution is 2.37. The molecule has 0 aromatic heterocycles. The molecule has 4 rings (SSSR count). The normalized spacial score (nSPS) is 16.1. The van der Waals surface area contributed by atoms with Gasteiger partial charge in [-0.25, -0.2) is 4.99 Å². The number of alkyl halides is 3. The fraction of sp³-hybridized carbons (Fsp3) is 0.176. The van der Waals surface area contributed by atoms with E-state index in [1.54, 1.807) is 12.1 Å². The van der Waals surface area contributed by atoms with Gasteiger partial charge in [0.2, 0.25) is 0 Å². The molecule has 0 spiro atoms. The monoisotopic (exact) mass is 364 g/mol. The maximum Gasteiger partial charge on any atom is 0.416 e. The van der Waals surface area contributed by atoms with Crippen molar-refractivity contribution >= 4 is 40.3 Å². The fourth-order valence-electron chi connectivity index (χ4n) is 2.83. The fourth-order valence-corrected chi connectivity index (χ4v) is 2.99. The van der Waals surface area contributed by atoms with Crippen LogP contribution in [0.3, 0.4) is 0 Å². The maximum atomic E-state index is 12.7. The van der Waals surface area contributed by atoms with Gasteiger partial charge < -0.3 is 10.2 Å². The van der Waals surface area contributed by atoms with E-state index in [1.165, 1.54) is 12.1 Å². The largest absolute Gasteiger partial charge is 0.416 e. The van der Waals surface area contributed by atoms with Crippen LogP contribution in [0.25, 0.3) is 0 Å². The van der Waals surface area contributed by atoms with Crippen LogP contribution in [0.4, 0.5) is 30.2 Å². The third-order valence-corrected chi connectivity index (χ3v) is 4.22. The molecule has 0 aliphatic carbocycles. The SMILES string of the molecule is FC(F)(F)c1ccc(NC2=Nc3ccc(Cl)cc3N3CCN=C23)cc1. The molecule has 0 atom stereocenters. The number of fused-ring (bicyclic) bond motifs is 3. The van der Waals surface area contributed by atoms with Crippen LogP contribution < -0.4 is 10.2 Å². The van der Waals surface area contributed by atoms with Gasteiger partial charge in [0.05, 0.1) is 23.5 Å². The molecule has 1 N–H and O–H groups in total. The third kappa shape index (κ3) is 2.95. The highest BCUT2D eigenvalue weighted by Gasteiger charge is 2.31. The van der Waals surface area contributed by atoms with Gasteiger partial charge >= 0.3 is 6.18 Å². The van der Waals surface area contributed by atoms with Gasteiger partial charge in [0.25, 0.3) is 0 Å². The summed E-state index contributed by atoms with van der Waals surface area (Å²) in [5.74, 6) is 1.17. The van der Waals surface area contributed by atoms with Crippen LogP contribution in [0.5, 0.6) is 0 Å². The summed E-state index contributed by atoms with van der Waals surface area (Å²) >= 11 is 6.06. The smallest absolute Gasteiger partial charge is 0.337 e. The Labute approximate surface area is 146 Å². The molecule has 128 valence electrons. The molecule has 0 amide bonds. The van der Waals surface area contributed by atoms with E-state index in [0.717, 1.165) is 23.5 Å². The zero-order chi connectivity index (χ0) is 17.6. The zero-order valence-corrected chi connectivity index (χ0v) is 13.6. The zero-order valence-electron chi connectivity index (χ0n) is 12.8. The second-order valence-electron chi connectivity index (χ2n) is 5.65. The van der Waals surface area contributed by atoms with Gasteiger partial charge in [-0.15, -0.1) is 0 Å². The number of nitrogens with one attached hydrogen (secondary N) is 1. The number of hydrogen-bond donors (Lipinski definition) is 1. The molecule has 0 unspecified atom stereocenters. The van der Waals surface area contributed by atoms with Crippen molar-refractivity contribution in [1.29, 1.82) is 0 Å². The predicted octanol–water partition coefficient (Wildman–Crippen LogP) is 4.73. The second kappa shape index (κ2) is 5.77. The lowest BCUT2D eigenvalue weighted by molar-refractivity contribution is -0.137. The first kappa shape index (κ1) is 16.0. The summed E-state index contributed by atoms with van der Waals surface area (Å²) < 4.78 is 38.0. The van der Waals surface area contributed by atoms with Gasteiger partial charge in [-0.05, 0) is 42.5 Å². The summed E-state index contributed by atoms with van der Waals surface area (Å²) in [5, 5.41) is 3.67. The lowest BCUT2D eigenvalue weighted by Gasteiger charge is -2.27. The lowest BCUT2D eigenvalue weighted by Crippen LogP contribution is -2.39. The maximum absolute atomic E-state index is 12.7. The highest BCUT2D eigenvalue weighted by atomic mass is 35.5. The Balaban J connectivity index is 1.67. The number of benzene rings is 2. The van der Waals surface area contributed by atoms with Gasteiger partial charge in [-0.1, -0.05) is 11.6 Å². The van der Waals surface area contributed by atoms with Crippen molar-refractivity contribution in [3.63, 3.8) is 0 Å². The number of anilines is 2. The molecule has 0 fully saturated rings. The minimum absolute atomic E-state index is 0.507. The van der Waals surface area contributed by atoms with Crippen molar-refractivity contribution < 1.29 is 13.2 Å². The summed E-state index contributed by atoms with van der Waals surface area (Å²) in [7, 11) is 0. The van der Waals surface area contributed by atoms with Gasteiger partial charge in [-0.3, -0.25) is 4.99 Å². The lowest BCUT2D eigenvalue weighted by atomic mass is 10.2. The molecular weight excluding hydrogens is 353 g/mol. The molecule has 2 aliphatic heterocycles. The topological polar surface area (TPSA) is 40.0 Å². The first-order chi connectivity index (χ1) is 11.9. The van der Waals surface area contributed by atoms with E-state index >= 15 is 0 Å². The molecule has 0 saturated carbocycles. The summed E-state index contributed by atoms with van der Waals surface area (Å²) in [6.07, 6.45) is -4.36. The van der Waals surface area contributed by atoms with Crippen LogP contribution in [0.2, 0.25) is 5.02 Å². The molecule has 2 aromatic rings. The number of amidine groups is 2. The standard InChI is InChI=1S/C17H12ClF3N4/c18-11-3-6-13-14(9-11)25-8-7-22-16(25)15(24-13)23-12-4-1-10(2-5-12)17(19,20)21/h1-6,9H,7-8H2,(H,23,24). The Kier molecular flexibility index (Phi) is 3.68. The van der Waals surface area contributed by atoms with Crippen molar-refractivity contribution in [3.8, 4) is 0 Å². The average Bonchev–Trinajstić information content (AvgIpc) is 3.05. The van der Waals surface area contributed by atoms with E-state index in [1.807, 2.05) is 11.0 Å². The number of rotatable bonds is 1. The summed E-state index contributed by atoms with van der Waals surface area (Å²) in [4.78, 5) is 11.0. The van der Waals surface area contributed by atoms with Crippen molar-refractivity contribution in [2.45, 2.75) is 6.18 Å². The Hall–Kier alpha value is -2.54. The predicted molar refractivity (Wildman–Crippen MR) is 93.3 cm³/mol. The minimum atomic E-state index is -4.36. The Morgan fingerprint density at radius 2 is 1.84 bits per heavy atom. The van der Waals surface area contributed by atoms with E-state index in [9.17, 15) is 13.2 Å². The number of hydrogen-bond acceptors (Lipinski definition) is 4. The number of nitrogens with zero attached hydrogens (tertiary/aromatic N) is 3. The van der Waals surface area contributed by atoms with Gasteiger partial charge in [0.15, 0.2) is 11.7 Å².